The lowest BCUT2D eigenvalue weighted by Gasteiger charge is -2.22. The molecule has 0 amide bonds. The van der Waals surface area contributed by atoms with Crippen molar-refractivity contribution >= 4 is 16.9 Å². The van der Waals surface area contributed by atoms with Gasteiger partial charge in [-0.05, 0) is 30.9 Å². The van der Waals surface area contributed by atoms with Crippen LogP contribution in [0.2, 0.25) is 0 Å². The van der Waals surface area contributed by atoms with Gasteiger partial charge in [0.1, 0.15) is 17.5 Å². The van der Waals surface area contributed by atoms with Gasteiger partial charge in [0.2, 0.25) is 0 Å². The van der Waals surface area contributed by atoms with E-state index >= 15 is 0 Å². The second kappa shape index (κ2) is 4.84. The van der Waals surface area contributed by atoms with Crippen molar-refractivity contribution in [2.45, 2.75) is 26.3 Å². The number of hydrogen-bond acceptors (Lipinski definition) is 5. The van der Waals surface area contributed by atoms with E-state index in [2.05, 4.69) is 44.3 Å². The zero-order chi connectivity index (χ0) is 14.2. The van der Waals surface area contributed by atoms with Crippen LogP contribution >= 0.6 is 0 Å². The zero-order valence-corrected chi connectivity index (χ0v) is 11.9. The summed E-state index contributed by atoms with van der Waals surface area (Å²) in [6, 6.07) is 8.63. The molecule has 5 heteroatoms. The van der Waals surface area contributed by atoms with Crippen molar-refractivity contribution in [2.75, 3.05) is 11.4 Å². The molecule has 1 aliphatic heterocycles. The van der Waals surface area contributed by atoms with E-state index in [-0.39, 0.29) is 0 Å². The summed E-state index contributed by atoms with van der Waals surface area (Å²) in [5, 5.41) is 4.94. The standard InChI is InChI=1S/C16H16N4O/c1-11-14-15(17-10-18-16(14)21-19-11)20-8-4-7-12-5-2-3-6-13(12)9-20/h2-3,5-6,10H,4,7-9H2,1H3. The van der Waals surface area contributed by atoms with Crippen LogP contribution in [0.25, 0.3) is 11.1 Å². The summed E-state index contributed by atoms with van der Waals surface area (Å²) in [6.07, 6.45) is 3.79. The molecule has 1 aromatic carbocycles. The number of hydrogen-bond donors (Lipinski definition) is 0. The highest BCUT2D eigenvalue weighted by molar-refractivity contribution is 5.87. The van der Waals surface area contributed by atoms with E-state index in [4.69, 9.17) is 4.52 Å². The summed E-state index contributed by atoms with van der Waals surface area (Å²) in [4.78, 5) is 11.0. The first kappa shape index (κ1) is 12.3. The lowest BCUT2D eigenvalue weighted by molar-refractivity contribution is 0.442. The van der Waals surface area contributed by atoms with Crippen LogP contribution in [0.15, 0.2) is 35.1 Å². The van der Waals surface area contributed by atoms with Crippen molar-refractivity contribution in [3.63, 3.8) is 0 Å². The van der Waals surface area contributed by atoms with Gasteiger partial charge in [-0.2, -0.15) is 4.98 Å². The summed E-state index contributed by atoms with van der Waals surface area (Å²) in [6.45, 7) is 3.78. The molecule has 0 saturated heterocycles. The molecule has 0 N–H and O–H groups in total. The van der Waals surface area contributed by atoms with Crippen molar-refractivity contribution in [3.8, 4) is 0 Å². The molecule has 0 aliphatic carbocycles. The molecule has 0 atom stereocenters. The minimum absolute atomic E-state index is 0.565. The predicted octanol–water partition coefficient (Wildman–Crippen LogP) is 2.88. The third-order valence-corrected chi connectivity index (χ3v) is 4.08. The molecule has 106 valence electrons. The van der Waals surface area contributed by atoms with Crippen molar-refractivity contribution in [3.05, 3.63) is 47.4 Å². The number of nitrogens with zero attached hydrogens (tertiary/aromatic N) is 4. The molecular weight excluding hydrogens is 264 g/mol. The monoisotopic (exact) mass is 280 g/mol. The van der Waals surface area contributed by atoms with Gasteiger partial charge in [-0.1, -0.05) is 29.4 Å². The van der Waals surface area contributed by atoms with E-state index in [9.17, 15) is 0 Å². The second-order valence-corrected chi connectivity index (χ2v) is 5.44. The van der Waals surface area contributed by atoms with E-state index in [1.165, 1.54) is 11.1 Å². The van der Waals surface area contributed by atoms with Crippen LogP contribution in [-0.4, -0.2) is 21.7 Å². The molecule has 0 saturated carbocycles. The fraction of sp³-hybridized carbons (Fsp3) is 0.312. The highest BCUT2D eigenvalue weighted by Crippen LogP contribution is 2.29. The molecule has 5 nitrogen and oxygen atoms in total. The van der Waals surface area contributed by atoms with Gasteiger partial charge in [-0.25, -0.2) is 4.98 Å². The Morgan fingerprint density at radius 3 is 2.90 bits per heavy atom. The zero-order valence-electron chi connectivity index (χ0n) is 11.9. The van der Waals surface area contributed by atoms with Gasteiger partial charge in [0.25, 0.3) is 5.71 Å². The number of rotatable bonds is 1. The van der Waals surface area contributed by atoms with Crippen LogP contribution in [0.3, 0.4) is 0 Å². The largest absolute Gasteiger partial charge is 0.351 e. The fourth-order valence-electron chi connectivity index (χ4n) is 3.03. The smallest absolute Gasteiger partial charge is 0.263 e. The van der Waals surface area contributed by atoms with Crippen molar-refractivity contribution in [2.24, 2.45) is 0 Å². The average Bonchev–Trinajstić information content (AvgIpc) is 2.77. The van der Waals surface area contributed by atoms with E-state index in [0.717, 1.165) is 42.8 Å². The number of aromatic nitrogens is 3. The van der Waals surface area contributed by atoms with Crippen LogP contribution in [0.1, 0.15) is 23.2 Å². The molecule has 3 heterocycles. The Bertz CT molecular complexity index is 796. The minimum Gasteiger partial charge on any atom is -0.351 e. The Hall–Kier alpha value is -2.43. The van der Waals surface area contributed by atoms with Gasteiger partial charge in [0.15, 0.2) is 0 Å². The van der Waals surface area contributed by atoms with Crippen molar-refractivity contribution < 1.29 is 4.52 Å². The molecule has 1 aliphatic rings. The number of benzene rings is 1. The fourth-order valence-corrected chi connectivity index (χ4v) is 3.03. The molecular formula is C16H16N4O. The van der Waals surface area contributed by atoms with Gasteiger partial charge >= 0.3 is 0 Å². The van der Waals surface area contributed by atoms with Crippen LogP contribution in [0, 0.1) is 6.92 Å². The van der Waals surface area contributed by atoms with Crippen LogP contribution < -0.4 is 4.90 Å². The molecule has 4 rings (SSSR count). The van der Waals surface area contributed by atoms with Gasteiger partial charge in [0, 0.05) is 13.1 Å². The molecule has 3 aromatic rings. The van der Waals surface area contributed by atoms with Gasteiger partial charge in [-0.15, -0.1) is 0 Å². The van der Waals surface area contributed by atoms with Gasteiger partial charge in [0.05, 0.1) is 5.69 Å². The first-order valence-electron chi connectivity index (χ1n) is 7.21. The minimum atomic E-state index is 0.565. The molecule has 21 heavy (non-hydrogen) atoms. The molecule has 0 spiro atoms. The highest BCUT2D eigenvalue weighted by Gasteiger charge is 2.20. The van der Waals surface area contributed by atoms with Crippen molar-refractivity contribution in [1.82, 2.24) is 15.1 Å². The topological polar surface area (TPSA) is 55.1 Å². The Labute approximate surface area is 122 Å². The first-order chi connectivity index (χ1) is 10.3. The van der Waals surface area contributed by atoms with E-state index in [0.29, 0.717) is 5.71 Å². The normalized spacial score (nSPS) is 15.0. The SMILES string of the molecule is Cc1noc2ncnc(N3CCCc4ccccc4C3)c12. The maximum absolute atomic E-state index is 5.25. The molecule has 0 fully saturated rings. The third kappa shape index (κ3) is 2.05. The predicted molar refractivity (Wildman–Crippen MR) is 80.1 cm³/mol. The summed E-state index contributed by atoms with van der Waals surface area (Å²) >= 11 is 0. The number of fused-ring (bicyclic) bond motifs is 2. The maximum atomic E-state index is 5.25. The number of aryl methyl sites for hydroxylation is 2. The average molecular weight is 280 g/mol. The molecule has 0 unspecified atom stereocenters. The maximum Gasteiger partial charge on any atom is 0.263 e. The van der Waals surface area contributed by atoms with Gasteiger partial charge in [-0.3, -0.25) is 0 Å². The number of anilines is 1. The summed E-state index contributed by atoms with van der Waals surface area (Å²) in [7, 11) is 0. The lowest BCUT2D eigenvalue weighted by Crippen LogP contribution is -2.24. The Kier molecular flexibility index (Phi) is 2.84. The molecule has 0 radical (unpaired) electrons. The summed E-state index contributed by atoms with van der Waals surface area (Å²) in [5.74, 6) is 0.926. The molecule has 0 bridgehead atoms. The van der Waals surface area contributed by atoms with E-state index in [1.807, 2.05) is 6.92 Å². The van der Waals surface area contributed by atoms with Crippen molar-refractivity contribution in [1.29, 1.82) is 0 Å². The van der Waals surface area contributed by atoms with E-state index < -0.39 is 0 Å². The van der Waals surface area contributed by atoms with Crippen LogP contribution in [-0.2, 0) is 13.0 Å². The van der Waals surface area contributed by atoms with Crippen LogP contribution in [0.5, 0.6) is 0 Å². The quantitative estimate of drug-likeness (QED) is 0.686. The Morgan fingerprint density at radius 1 is 1.14 bits per heavy atom. The van der Waals surface area contributed by atoms with Crippen LogP contribution in [0.4, 0.5) is 5.82 Å². The lowest BCUT2D eigenvalue weighted by atomic mass is 10.0. The highest BCUT2D eigenvalue weighted by atomic mass is 16.5. The van der Waals surface area contributed by atoms with Gasteiger partial charge < -0.3 is 9.42 Å². The summed E-state index contributed by atoms with van der Waals surface area (Å²) < 4.78 is 5.25. The summed E-state index contributed by atoms with van der Waals surface area (Å²) in [5.41, 5.74) is 4.22. The second-order valence-electron chi connectivity index (χ2n) is 5.44. The first-order valence-corrected chi connectivity index (χ1v) is 7.21. The third-order valence-electron chi connectivity index (χ3n) is 4.08. The van der Waals surface area contributed by atoms with E-state index in [1.54, 1.807) is 6.33 Å². The molecule has 2 aromatic heterocycles. The Morgan fingerprint density at radius 2 is 2.00 bits per heavy atom. The Balaban J connectivity index is 1.80.